The summed E-state index contributed by atoms with van der Waals surface area (Å²) in [6, 6.07) is 12.0. The molecule has 0 heterocycles. The van der Waals surface area contributed by atoms with Crippen LogP contribution in [-0.2, 0) is 0 Å². The van der Waals surface area contributed by atoms with Crippen LogP contribution in [-0.4, -0.2) is 23.4 Å². The maximum absolute atomic E-state index is 7.91. The Morgan fingerprint density at radius 3 is 1.00 bits per heavy atom. The van der Waals surface area contributed by atoms with E-state index >= 15 is 0 Å². The Balaban J connectivity index is 0.000000187. The molecule has 0 aliphatic heterocycles. The molecule has 0 aliphatic carbocycles. The second-order valence-corrected chi connectivity index (χ2v) is 1.96. The first-order valence-corrected chi connectivity index (χ1v) is 3.63. The van der Waals surface area contributed by atoms with Gasteiger partial charge in [0.05, 0.1) is 0 Å². The molecule has 0 saturated carbocycles. The highest BCUT2D eigenvalue weighted by Crippen LogP contribution is 1.79. The molecule has 11 heavy (non-hydrogen) atoms. The van der Waals surface area contributed by atoms with Crippen molar-refractivity contribution < 1.29 is 10.2 Å². The van der Waals surface area contributed by atoms with Gasteiger partial charge < -0.3 is 10.2 Å². The second-order valence-electron chi connectivity index (χ2n) is 1.96. The van der Waals surface area contributed by atoms with Gasteiger partial charge >= 0.3 is 0 Å². The zero-order valence-electron chi connectivity index (χ0n) is 6.48. The van der Waals surface area contributed by atoms with Gasteiger partial charge in [-0.15, -0.1) is 0 Å². The molecule has 1 rings (SSSR count). The number of aliphatic hydroxyl groups excluding tert-OH is 2. The Bertz CT molecular complexity index is 111. The Morgan fingerprint density at radius 2 is 0.909 bits per heavy atom. The van der Waals surface area contributed by atoms with Crippen LogP contribution in [0.4, 0.5) is 0 Å². The summed E-state index contributed by atoms with van der Waals surface area (Å²) < 4.78 is 0. The Labute approximate surface area is 67.1 Å². The summed E-state index contributed by atoms with van der Waals surface area (Å²) >= 11 is 0. The third-order valence-electron chi connectivity index (χ3n) is 0.983. The van der Waals surface area contributed by atoms with Crippen molar-refractivity contribution in [3.63, 3.8) is 0 Å². The number of hydrogen-bond donors (Lipinski definition) is 2. The first kappa shape index (κ1) is 10.1. The number of aliphatic hydroxyl groups is 2. The third-order valence-corrected chi connectivity index (χ3v) is 0.983. The fourth-order valence-corrected chi connectivity index (χ4v) is 0.456. The molecule has 2 nitrogen and oxygen atoms in total. The average molecular weight is 154 g/mol. The van der Waals surface area contributed by atoms with Gasteiger partial charge in [-0.3, -0.25) is 0 Å². The molecule has 2 heteroatoms. The fourth-order valence-electron chi connectivity index (χ4n) is 0.456. The highest BCUT2D eigenvalue weighted by molar-refractivity contribution is 4.99. The molecule has 1 aromatic rings. The second kappa shape index (κ2) is 9.14. The van der Waals surface area contributed by atoms with Gasteiger partial charge in [0.2, 0.25) is 0 Å². The standard InChI is InChI=1S/C6H6.C3H8O2/c1-2-4-6-5-3-1;4-2-1-3-5/h1-6H;4-5H,1-3H2. The quantitative estimate of drug-likeness (QED) is 0.668. The molecule has 0 atom stereocenters. The fraction of sp³-hybridized carbons (Fsp3) is 0.333. The normalized spacial score (nSPS) is 8.18. The Morgan fingerprint density at radius 1 is 0.636 bits per heavy atom. The van der Waals surface area contributed by atoms with E-state index in [1.807, 2.05) is 36.4 Å². The van der Waals surface area contributed by atoms with Crippen LogP contribution in [0.1, 0.15) is 6.42 Å². The summed E-state index contributed by atoms with van der Waals surface area (Å²) in [5.41, 5.74) is 0. The highest BCUT2D eigenvalue weighted by Gasteiger charge is 1.70. The lowest BCUT2D eigenvalue weighted by Crippen LogP contribution is -1.85. The first-order chi connectivity index (χ1) is 5.41. The maximum atomic E-state index is 7.91. The van der Waals surface area contributed by atoms with Gasteiger partial charge in [-0.1, -0.05) is 36.4 Å². The van der Waals surface area contributed by atoms with Crippen LogP contribution in [0.3, 0.4) is 0 Å². The lowest BCUT2D eigenvalue weighted by molar-refractivity contribution is 0.221. The lowest BCUT2D eigenvalue weighted by atomic mass is 10.4. The van der Waals surface area contributed by atoms with Crippen LogP contribution >= 0.6 is 0 Å². The van der Waals surface area contributed by atoms with Crippen LogP contribution in [0.5, 0.6) is 0 Å². The smallest absolute Gasteiger partial charge is 0.0452 e. The SMILES string of the molecule is OCCCO.c1ccccc1. The van der Waals surface area contributed by atoms with Crippen LogP contribution in [0.15, 0.2) is 36.4 Å². The van der Waals surface area contributed by atoms with Gasteiger partial charge in [0.1, 0.15) is 0 Å². The van der Waals surface area contributed by atoms with Gasteiger partial charge in [0.15, 0.2) is 0 Å². The Hall–Kier alpha value is -0.860. The van der Waals surface area contributed by atoms with Crippen molar-refractivity contribution in [1.82, 2.24) is 0 Å². The van der Waals surface area contributed by atoms with Crippen LogP contribution in [0, 0.1) is 0 Å². The monoisotopic (exact) mass is 154 g/mol. The maximum Gasteiger partial charge on any atom is 0.0452 e. The molecular weight excluding hydrogens is 140 g/mol. The molecule has 0 spiro atoms. The number of rotatable bonds is 2. The summed E-state index contributed by atoms with van der Waals surface area (Å²) in [7, 11) is 0. The van der Waals surface area contributed by atoms with E-state index in [2.05, 4.69) is 0 Å². The zero-order valence-corrected chi connectivity index (χ0v) is 6.48. The molecule has 2 N–H and O–H groups in total. The van der Waals surface area contributed by atoms with Gasteiger partial charge in [0.25, 0.3) is 0 Å². The van der Waals surface area contributed by atoms with E-state index in [4.69, 9.17) is 10.2 Å². The largest absolute Gasteiger partial charge is 0.396 e. The summed E-state index contributed by atoms with van der Waals surface area (Å²) in [6.07, 6.45) is 0.500. The summed E-state index contributed by atoms with van der Waals surface area (Å²) in [6.45, 7) is 0.188. The van der Waals surface area contributed by atoms with Crippen molar-refractivity contribution >= 4 is 0 Å². The van der Waals surface area contributed by atoms with Gasteiger partial charge in [-0.05, 0) is 6.42 Å². The summed E-state index contributed by atoms with van der Waals surface area (Å²) in [5.74, 6) is 0. The number of benzene rings is 1. The van der Waals surface area contributed by atoms with Crippen LogP contribution < -0.4 is 0 Å². The molecular formula is C9H14O2. The Kier molecular flexibility index (Phi) is 8.43. The van der Waals surface area contributed by atoms with Gasteiger partial charge in [0, 0.05) is 13.2 Å². The molecule has 0 aliphatic rings. The summed E-state index contributed by atoms with van der Waals surface area (Å²) in [4.78, 5) is 0. The van der Waals surface area contributed by atoms with Gasteiger partial charge in [-0.25, -0.2) is 0 Å². The van der Waals surface area contributed by atoms with E-state index in [1.54, 1.807) is 0 Å². The van der Waals surface area contributed by atoms with Gasteiger partial charge in [-0.2, -0.15) is 0 Å². The van der Waals surface area contributed by atoms with E-state index in [9.17, 15) is 0 Å². The minimum Gasteiger partial charge on any atom is -0.396 e. The molecule has 0 unspecified atom stereocenters. The minimum absolute atomic E-state index is 0.0938. The topological polar surface area (TPSA) is 40.5 Å². The molecule has 0 bridgehead atoms. The number of hydrogen-bond acceptors (Lipinski definition) is 2. The van der Waals surface area contributed by atoms with Crippen molar-refractivity contribution in [3.8, 4) is 0 Å². The molecule has 0 aromatic heterocycles. The highest BCUT2D eigenvalue weighted by atomic mass is 16.3. The first-order valence-electron chi connectivity index (χ1n) is 3.63. The molecule has 0 amide bonds. The van der Waals surface area contributed by atoms with Crippen molar-refractivity contribution in [2.45, 2.75) is 6.42 Å². The van der Waals surface area contributed by atoms with Crippen molar-refractivity contribution in [1.29, 1.82) is 0 Å². The molecule has 0 fully saturated rings. The van der Waals surface area contributed by atoms with Crippen molar-refractivity contribution in [2.75, 3.05) is 13.2 Å². The lowest BCUT2D eigenvalue weighted by Gasteiger charge is -1.79. The van der Waals surface area contributed by atoms with Crippen molar-refractivity contribution in [3.05, 3.63) is 36.4 Å². The predicted molar refractivity (Wildman–Crippen MR) is 45.2 cm³/mol. The van der Waals surface area contributed by atoms with Crippen LogP contribution in [0.2, 0.25) is 0 Å². The van der Waals surface area contributed by atoms with E-state index in [1.165, 1.54) is 0 Å². The minimum atomic E-state index is 0.0938. The van der Waals surface area contributed by atoms with E-state index < -0.39 is 0 Å². The zero-order chi connectivity index (χ0) is 8.36. The predicted octanol–water partition coefficient (Wildman–Crippen LogP) is 1.05. The van der Waals surface area contributed by atoms with Crippen molar-refractivity contribution in [2.24, 2.45) is 0 Å². The van der Waals surface area contributed by atoms with E-state index in [0.29, 0.717) is 6.42 Å². The van der Waals surface area contributed by atoms with E-state index in [0.717, 1.165) is 0 Å². The molecule has 0 radical (unpaired) electrons. The van der Waals surface area contributed by atoms with E-state index in [-0.39, 0.29) is 13.2 Å². The third kappa shape index (κ3) is 9.14. The van der Waals surface area contributed by atoms with Crippen LogP contribution in [0.25, 0.3) is 0 Å². The molecule has 62 valence electrons. The summed E-state index contributed by atoms with van der Waals surface area (Å²) in [5, 5.41) is 15.8. The molecule has 0 saturated heterocycles. The average Bonchev–Trinajstić information content (AvgIpc) is 2.10. The molecule has 1 aromatic carbocycles.